The molecule has 1 aromatic carbocycles. The first kappa shape index (κ1) is 22.9. The van der Waals surface area contributed by atoms with E-state index in [1.165, 1.54) is 0 Å². The summed E-state index contributed by atoms with van der Waals surface area (Å²) in [5, 5.41) is 7.34. The van der Waals surface area contributed by atoms with Crippen LogP contribution in [-0.4, -0.2) is 53.1 Å². The Bertz CT molecular complexity index is 968. The molecular weight excluding hydrogens is 392 g/mol. The molecule has 168 valence electrons. The zero-order chi connectivity index (χ0) is 22.6. The van der Waals surface area contributed by atoms with Gasteiger partial charge >= 0.3 is 0 Å². The van der Waals surface area contributed by atoms with E-state index in [4.69, 9.17) is 10.5 Å². The van der Waals surface area contributed by atoms with Gasteiger partial charge in [0.25, 0.3) is 5.91 Å². The molecule has 0 unspecified atom stereocenters. The summed E-state index contributed by atoms with van der Waals surface area (Å²) in [6.07, 6.45) is 4.21. The van der Waals surface area contributed by atoms with Gasteiger partial charge in [0.1, 0.15) is 5.82 Å². The number of nitrogens with one attached hydrogen (secondary N) is 2. The molecular formula is C23H34N6O2. The molecule has 0 spiro atoms. The van der Waals surface area contributed by atoms with E-state index in [1.54, 1.807) is 7.11 Å². The molecule has 2 atom stereocenters. The average Bonchev–Trinajstić information content (AvgIpc) is 2.73. The first-order valence-corrected chi connectivity index (χ1v) is 10.9. The minimum absolute atomic E-state index is 0.0911. The highest BCUT2D eigenvalue weighted by atomic mass is 16.5. The number of carbonyl (C=O) groups excluding carboxylic acids is 1. The molecule has 3 rings (SSSR count). The van der Waals surface area contributed by atoms with Crippen LogP contribution in [0.3, 0.4) is 0 Å². The summed E-state index contributed by atoms with van der Waals surface area (Å²) >= 11 is 0. The minimum Gasteiger partial charge on any atom is -0.388 e. The van der Waals surface area contributed by atoms with Crippen molar-refractivity contribution in [2.45, 2.75) is 71.1 Å². The number of aryl methyl sites for hydroxylation is 1. The molecule has 1 heterocycles. The van der Waals surface area contributed by atoms with Crippen LogP contribution in [0.25, 0.3) is 10.9 Å². The van der Waals surface area contributed by atoms with E-state index in [-0.39, 0.29) is 23.8 Å². The number of aromatic nitrogens is 2. The maximum Gasteiger partial charge on any atom is 0.289 e. The largest absolute Gasteiger partial charge is 0.388 e. The number of methoxy groups -OCH3 is 1. The van der Waals surface area contributed by atoms with E-state index in [9.17, 15) is 4.79 Å². The van der Waals surface area contributed by atoms with Crippen molar-refractivity contribution in [1.29, 1.82) is 0 Å². The Kier molecular flexibility index (Phi) is 7.10. The molecule has 1 aliphatic rings. The van der Waals surface area contributed by atoms with E-state index in [0.29, 0.717) is 18.2 Å². The third kappa shape index (κ3) is 5.91. The van der Waals surface area contributed by atoms with Crippen molar-refractivity contribution in [3.63, 3.8) is 0 Å². The van der Waals surface area contributed by atoms with Gasteiger partial charge in [0.2, 0.25) is 5.82 Å². The van der Waals surface area contributed by atoms with E-state index in [2.05, 4.69) is 25.6 Å². The molecule has 1 aromatic heterocycles. The quantitative estimate of drug-likeness (QED) is 0.463. The van der Waals surface area contributed by atoms with Gasteiger partial charge in [-0.1, -0.05) is 24.5 Å². The van der Waals surface area contributed by atoms with Gasteiger partial charge in [0.05, 0.1) is 23.0 Å². The topological polar surface area (TPSA) is 115 Å². The molecule has 1 saturated carbocycles. The standard InChI is InChI=1S/C23H34N6O2/c1-14-10-11-17-16(12-14)20(28-19-9-7-6-8-18(19)26-15(2)24)29-21(27-17)22(30)25-13-23(3,4)31-5/h10-12,18-19H,6-9,13H2,1-5H3,(H2,24,26)(H,25,30)(H,27,28,29)/t18-,19+/m1/s1. The van der Waals surface area contributed by atoms with Crippen molar-refractivity contribution in [2.24, 2.45) is 10.7 Å². The van der Waals surface area contributed by atoms with E-state index >= 15 is 0 Å². The second kappa shape index (κ2) is 9.60. The van der Waals surface area contributed by atoms with Crippen molar-refractivity contribution in [1.82, 2.24) is 15.3 Å². The van der Waals surface area contributed by atoms with Crippen LogP contribution in [0.15, 0.2) is 23.2 Å². The van der Waals surface area contributed by atoms with Gasteiger partial charge in [-0.2, -0.15) is 0 Å². The fourth-order valence-corrected chi connectivity index (χ4v) is 3.77. The number of nitrogens with zero attached hydrogens (tertiary/aromatic N) is 3. The lowest BCUT2D eigenvalue weighted by Crippen LogP contribution is -2.40. The Morgan fingerprint density at radius 2 is 2.03 bits per heavy atom. The molecule has 0 aliphatic heterocycles. The molecule has 1 amide bonds. The first-order chi connectivity index (χ1) is 14.7. The number of hydrogen-bond donors (Lipinski definition) is 3. The average molecular weight is 427 g/mol. The smallest absolute Gasteiger partial charge is 0.289 e. The highest BCUT2D eigenvalue weighted by Gasteiger charge is 2.26. The molecule has 0 saturated heterocycles. The van der Waals surface area contributed by atoms with Crippen molar-refractivity contribution in [2.75, 3.05) is 19.0 Å². The van der Waals surface area contributed by atoms with Crippen molar-refractivity contribution in [3.8, 4) is 0 Å². The van der Waals surface area contributed by atoms with Crippen LogP contribution in [0.5, 0.6) is 0 Å². The van der Waals surface area contributed by atoms with Gasteiger partial charge < -0.3 is 21.1 Å². The maximum atomic E-state index is 12.8. The van der Waals surface area contributed by atoms with Crippen LogP contribution in [0.4, 0.5) is 5.82 Å². The maximum absolute atomic E-state index is 12.8. The van der Waals surface area contributed by atoms with E-state index in [0.717, 1.165) is 42.1 Å². The zero-order valence-electron chi connectivity index (χ0n) is 19.2. The lowest BCUT2D eigenvalue weighted by atomic mass is 9.90. The molecule has 31 heavy (non-hydrogen) atoms. The predicted octanol–water partition coefficient (Wildman–Crippen LogP) is 3.19. The second-order valence-electron chi connectivity index (χ2n) is 8.94. The van der Waals surface area contributed by atoms with Crippen LogP contribution in [0, 0.1) is 6.92 Å². The van der Waals surface area contributed by atoms with Crippen LogP contribution >= 0.6 is 0 Å². The Labute approximate surface area is 184 Å². The van der Waals surface area contributed by atoms with Crippen LogP contribution in [-0.2, 0) is 4.74 Å². The molecule has 0 radical (unpaired) electrons. The van der Waals surface area contributed by atoms with Crippen molar-refractivity contribution < 1.29 is 9.53 Å². The lowest BCUT2D eigenvalue weighted by molar-refractivity contribution is 0.0227. The predicted molar refractivity (Wildman–Crippen MR) is 125 cm³/mol. The molecule has 1 aliphatic carbocycles. The molecule has 8 nitrogen and oxygen atoms in total. The fourth-order valence-electron chi connectivity index (χ4n) is 3.77. The molecule has 1 fully saturated rings. The highest BCUT2D eigenvalue weighted by molar-refractivity contribution is 5.96. The van der Waals surface area contributed by atoms with Gasteiger partial charge in [-0.15, -0.1) is 0 Å². The SMILES string of the molecule is COC(C)(C)CNC(=O)c1nc(N[C@H]2CCCC[C@H]2N=C(C)N)c2cc(C)ccc2n1. The first-order valence-electron chi connectivity index (χ1n) is 10.9. The normalized spacial score (nSPS) is 20.0. The number of carbonyl (C=O) groups is 1. The Balaban J connectivity index is 1.94. The number of ether oxygens (including phenoxy) is 1. The van der Waals surface area contributed by atoms with Gasteiger partial charge in [0, 0.05) is 25.1 Å². The van der Waals surface area contributed by atoms with Gasteiger partial charge in [-0.3, -0.25) is 9.79 Å². The molecule has 2 aromatic rings. The van der Waals surface area contributed by atoms with Crippen LogP contribution in [0.1, 0.15) is 62.6 Å². The number of hydrogen-bond acceptors (Lipinski definition) is 6. The third-order valence-electron chi connectivity index (χ3n) is 5.70. The summed E-state index contributed by atoms with van der Waals surface area (Å²) in [5.41, 5.74) is 7.23. The summed E-state index contributed by atoms with van der Waals surface area (Å²) in [6.45, 7) is 8.03. The number of fused-ring (bicyclic) bond motifs is 1. The number of anilines is 1. The van der Waals surface area contributed by atoms with Crippen molar-refractivity contribution in [3.05, 3.63) is 29.6 Å². The molecule has 4 N–H and O–H groups in total. The lowest BCUT2D eigenvalue weighted by Gasteiger charge is -2.30. The number of amidine groups is 1. The van der Waals surface area contributed by atoms with Gasteiger partial charge in [-0.25, -0.2) is 9.97 Å². The molecule has 0 bridgehead atoms. The number of aliphatic imine (C=N–C) groups is 1. The number of rotatable bonds is 7. The van der Waals surface area contributed by atoms with Gasteiger partial charge in [0.15, 0.2) is 0 Å². The van der Waals surface area contributed by atoms with Crippen molar-refractivity contribution >= 4 is 28.5 Å². The third-order valence-corrected chi connectivity index (χ3v) is 5.70. The van der Waals surface area contributed by atoms with Crippen LogP contribution in [0.2, 0.25) is 0 Å². The highest BCUT2D eigenvalue weighted by Crippen LogP contribution is 2.28. The summed E-state index contributed by atoms with van der Waals surface area (Å²) in [6, 6.07) is 6.15. The van der Waals surface area contributed by atoms with Crippen LogP contribution < -0.4 is 16.4 Å². The summed E-state index contributed by atoms with van der Waals surface area (Å²) in [5.74, 6) is 1.05. The fraction of sp³-hybridized carbons (Fsp3) is 0.565. The van der Waals surface area contributed by atoms with E-state index < -0.39 is 5.60 Å². The summed E-state index contributed by atoms with van der Waals surface area (Å²) < 4.78 is 5.38. The summed E-state index contributed by atoms with van der Waals surface area (Å²) in [7, 11) is 1.62. The monoisotopic (exact) mass is 426 g/mol. The number of benzene rings is 1. The number of amides is 1. The summed E-state index contributed by atoms with van der Waals surface area (Å²) in [4.78, 5) is 26.6. The van der Waals surface area contributed by atoms with E-state index in [1.807, 2.05) is 45.9 Å². The second-order valence-corrected chi connectivity index (χ2v) is 8.94. The zero-order valence-corrected chi connectivity index (χ0v) is 19.2. The molecule has 8 heteroatoms. The minimum atomic E-state index is -0.474. The van der Waals surface area contributed by atoms with Gasteiger partial charge in [-0.05, 0) is 52.7 Å². The Morgan fingerprint density at radius 1 is 1.29 bits per heavy atom. The Hall–Kier alpha value is -2.74. The Morgan fingerprint density at radius 3 is 2.74 bits per heavy atom. The number of nitrogens with two attached hydrogens (primary N) is 1.